The maximum atomic E-state index is 10.7. The van der Waals surface area contributed by atoms with Crippen LogP contribution in [0.4, 0.5) is 0 Å². The molecule has 0 saturated carbocycles. The van der Waals surface area contributed by atoms with Crippen LogP contribution in [0.25, 0.3) is 5.52 Å². The Morgan fingerprint density at radius 1 is 1.56 bits per heavy atom. The van der Waals surface area contributed by atoms with Gasteiger partial charge in [-0.15, -0.1) is 0 Å². The van der Waals surface area contributed by atoms with Gasteiger partial charge in [0.1, 0.15) is 0 Å². The van der Waals surface area contributed by atoms with Crippen LogP contribution in [0.2, 0.25) is 0 Å². The van der Waals surface area contributed by atoms with Crippen molar-refractivity contribution in [2.24, 2.45) is 5.92 Å². The topological polar surface area (TPSA) is 54.6 Å². The number of carboxylic acid groups (broad SMARTS) is 1. The van der Waals surface area contributed by atoms with Gasteiger partial charge in [0.15, 0.2) is 0 Å². The molecule has 0 radical (unpaired) electrons. The Labute approximate surface area is 93.5 Å². The summed E-state index contributed by atoms with van der Waals surface area (Å²) in [5.74, 6) is -1.13. The van der Waals surface area contributed by atoms with Crippen molar-refractivity contribution in [3.63, 3.8) is 0 Å². The zero-order valence-corrected chi connectivity index (χ0v) is 9.34. The average molecular weight is 218 g/mol. The number of aryl methyl sites for hydroxylation is 1. The van der Waals surface area contributed by atoms with Crippen molar-refractivity contribution in [3.05, 3.63) is 35.7 Å². The third-order valence-corrected chi connectivity index (χ3v) is 2.61. The van der Waals surface area contributed by atoms with Gasteiger partial charge in [0.05, 0.1) is 17.1 Å². The Morgan fingerprint density at radius 2 is 2.31 bits per heavy atom. The SMILES string of the molecule is Cc1cc2ccc(CC(C)C(=O)O)cn2n1. The first kappa shape index (κ1) is 10.7. The standard InChI is InChI=1S/C12H14N2O2/c1-8(12(15)16)5-10-3-4-11-6-9(2)13-14(11)7-10/h3-4,6-8H,5H2,1-2H3,(H,15,16). The molecule has 0 spiro atoms. The maximum Gasteiger partial charge on any atom is 0.306 e. The highest BCUT2D eigenvalue weighted by Gasteiger charge is 2.11. The predicted molar refractivity (Wildman–Crippen MR) is 60.4 cm³/mol. The molecule has 4 heteroatoms. The minimum absolute atomic E-state index is 0.367. The number of nitrogens with zero attached hydrogens (tertiary/aromatic N) is 2. The summed E-state index contributed by atoms with van der Waals surface area (Å²) in [4.78, 5) is 10.7. The third kappa shape index (κ3) is 2.05. The minimum atomic E-state index is -0.767. The second kappa shape index (κ2) is 3.96. The molecular formula is C12H14N2O2. The summed E-state index contributed by atoms with van der Waals surface area (Å²) in [6.07, 6.45) is 2.42. The summed E-state index contributed by atoms with van der Waals surface area (Å²) < 4.78 is 1.79. The average Bonchev–Trinajstić information content (AvgIpc) is 2.57. The molecule has 0 aliphatic carbocycles. The molecule has 0 aliphatic rings. The molecule has 0 saturated heterocycles. The monoisotopic (exact) mass is 218 g/mol. The molecule has 16 heavy (non-hydrogen) atoms. The van der Waals surface area contributed by atoms with Crippen molar-refractivity contribution in [2.45, 2.75) is 20.3 Å². The highest BCUT2D eigenvalue weighted by molar-refractivity contribution is 5.69. The van der Waals surface area contributed by atoms with E-state index in [1.807, 2.05) is 31.3 Å². The molecule has 1 unspecified atom stereocenters. The molecule has 0 aliphatic heterocycles. The molecule has 0 amide bonds. The molecule has 1 N–H and O–H groups in total. The molecule has 0 aromatic carbocycles. The fraction of sp³-hybridized carbons (Fsp3) is 0.333. The van der Waals surface area contributed by atoms with Crippen LogP contribution in [0.3, 0.4) is 0 Å². The van der Waals surface area contributed by atoms with Crippen molar-refractivity contribution in [3.8, 4) is 0 Å². The molecule has 0 fully saturated rings. The zero-order valence-electron chi connectivity index (χ0n) is 9.34. The van der Waals surface area contributed by atoms with E-state index in [2.05, 4.69) is 5.10 Å². The van der Waals surface area contributed by atoms with Gasteiger partial charge in [0, 0.05) is 6.20 Å². The van der Waals surface area contributed by atoms with E-state index in [-0.39, 0.29) is 5.92 Å². The first-order chi connectivity index (χ1) is 7.56. The molecule has 2 aromatic rings. The summed E-state index contributed by atoms with van der Waals surface area (Å²) in [5.41, 5.74) is 2.98. The van der Waals surface area contributed by atoms with Crippen molar-refractivity contribution in [2.75, 3.05) is 0 Å². The van der Waals surface area contributed by atoms with Crippen molar-refractivity contribution >= 4 is 11.5 Å². The summed E-state index contributed by atoms with van der Waals surface area (Å²) in [6.45, 7) is 3.65. The summed E-state index contributed by atoms with van der Waals surface area (Å²) in [7, 11) is 0. The largest absolute Gasteiger partial charge is 0.481 e. The van der Waals surface area contributed by atoms with E-state index in [0.717, 1.165) is 16.8 Å². The number of pyridine rings is 1. The van der Waals surface area contributed by atoms with E-state index < -0.39 is 5.97 Å². The molecule has 2 aromatic heterocycles. The second-order valence-electron chi connectivity index (χ2n) is 4.14. The normalized spacial score (nSPS) is 12.9. The number of carboxylic acids is 1. The van der Waals surface area contributed by atoms with Crippen LogP contribution in [-0.4, -0.2) is 20.7 Å². The van der Waals surface area contributed by atoms with Gasteiger partial charge in [-0.2, -0.15) is 5.10 Å². The van der Waals surface area contributed by atoms with Crippen LogP contribution >= 0.6 is 0 Å². The number of hydrogen-bond donors (Lipinski definition) is 1. The van der Waals surface area contributed by atoms with Crippen LogP contribution in [0.1, 0.15) is 18.2 Å². The first-order valence-electron chi connectivity index (χ1n) is 5.24. The lowest BCUT2D eigenvalue weighted by molar-refractivity contribution is -0.141. The zero-order chi connectivity index (χ0) is 11.7. The van der Waals surface area contributed by atoms with Gasteiger partial charge in [0.2, 0.25) is 0 Å². The van der Waals surface area contributed by atoms with Crippen LogP contribution in [0, 0.1) is 12.8 Å². The summed E-state index contributed by atoms with van der Waals surface area (Å²) >= 11 is 0. The van der Waals surface area contributed by atoms with Crippen molar-refractivity contribution in [1.82, 2.24) is 9.61 Å². The Kier molecular flexibility index (Phi) is 2.64. The van der Waals surface area contributed by atoms with Crippen LogP contribution in [0.15, 0.2) is 24.4 Å². The molecule has 2 heterocycles. The van der Waals surface area contributed by atoms with Gasteiger partial charge < -0.3 is 5.11 Å². The summed E-state index contributed by atoms with van der Waals surface area (Å²) in [6, 6.07) is 5.91. The quantitative estimate of drug-likeness (QED) is 0.856. The van der Waals surface area contributed by atoms with E-state index in [4.69, 9.17) is 5.11 Å². The van der Waals surface area contributed by atoms with Gasteiger partial charge in [0.25, 0.3) is 0 Å². The molecule has 1 atom stereocenters. The lowest BCUT2D eigenvalue weighted by Crippen LogP contribution is -2.12. The van der Waals surface area contributed by atoms with Gasteiger partial charge >= 0.3 is 5.97 Å². The van der Waals surface area contributed by atoms with E-state index in [1.165, 1.54) is 0 Å². The van der Waals surface area contributed by atoms with Crippen molar-refractivity contribution < 1.29 is 9.90 Å². The lowest BCUT2D eigenvalue weighted by Gasteiger charge is -2.06. The molecule has 84 valence electrons. The smallest absolute Gasteiger partial charge is 0.306 e. The van der Waals surface area contributed by atoms with Gasteiger partial charge in [-0.05, 0) is 31.0 Å². The fourth-order valence-corrected chi connectivity index (χ4v) is 1.72. The van der Waals surface area contributed by atoms with E-state index >= 15 is 0 Å². The fourth-order valence-electron chi connectivity index (χ4n) is 1.72. The van der Waals surface area contributed by atoms with E-state index in [1.54, 1.807) is 11.4 Å². The molecular weight excluding hydrogens is 204 g/mol. The first-order valence-corrected chi connectivity index (χ1v) is 5.24. The molecule has 2 rings (SSSR count). The Balaban J connectivity index is 2.28. The number of aliphatic carboxylic acids is 1. The predicted octanol–water partition coefficient (Wildman–Crippen LogP) is 1.91. The second-order valence-corrected chi connectivity index (χ2v) is 4.14. The van der Waals surface area contributed by atoms with Crippen molar-refractivity contribution in [1.29, 1.82) is 0 Å². The van der Waals surface area contributed by atoms with Gasteiger partial charge in [-0.25, -0.2) is 4.52 Å². The van der Waals surface area contributed by atoms with Gasteiger partial charge in [-0.1, -0.05) is 13.0 Å². The molecule has 0 bridgehead atoms. The Hall–Kier alpha value is -1.84. The number of fused-ring (bicyclic) bond motifs is 1. The lowest BCUT2D eigenvalue weighted by atomic mass is 10.0. The number of carbonyl (C=O) groups is 1. The van der Waals surface area contributed by atoms with E-state index in [0.29, 0.717) is 6.42 Å². The highest BCUT2D eigenvalue weighted by Crippen LogP contribution is 2.12. The molecule has 4 nitrogen and oxygen atoms in total. The Bertz CT molecular complexity index is 531. The van der Waals surface area contributed by atoms with E-state index in [9.17, 15) is 4.79 Å². The van der Waals surface area contributed by atoms with Crippen LogP contribution < -0.4 is 0 Å². The number of aromatic nitrogens is 2. The number of rotatable bonds is 3. The maximum absolute atomic E-state index is 10.7. The number of hydrogen-bond acceptors (Lipinski definition) is 2. The van der Waals surface area contributed by atoms with Crippen LogP contribution in [0.5, 0.6) is 0 Å². The highest BCUT2D eigenvalue weighted by atomic mass is 16.4. The third-order valence-electron chi connectivity index (χ3n) is 2.61. The minimum Gasteiger partial charge on any atom is -0.481 e. The Morgan fingerprint density at radius 3 is 3.00 bits per heavy atom. The summed E-state index contributed by atoms with van der Waals surface area (Å²) in [5, 5.41) is 13.1. The van der Waals surface area contributed by atoms with Crippen LogP contribution in [-0.2, 0) is 11.2 Å². The van der Waals surface area contributed by atoms with Gasteiger partial charge in [-0.3, -0.25) is 4.79 Å².